The Morgan fingerprint density at radius 3 is 2.57 bits per heavy atom. The van der Waals surface area contributed by atoms with Crippen LogP contribution in [-0.2, 0) is 4.79 Å². The molecule has 0 aromatic heterocycles. The molecule has 0 atom stereocenters. The van der Waals surface area contributed by atoms with Gasteiger partial charge in [0.2, 0.25) is 5.91 Å². The van der Waals surface area contributed by atoms with Gasteiger partial charge in [-0.05, 0) is 48.1 Å². The lowest BCUT2D eigenvalue weighted by atomic mass is 10.2. The SMILES string of the molecule is N#Cc1ccccc1NC(=S)NC(=O)/C=C/c1ccc(Br)cc1. The minimum atomic E-state index is -0.347. The molecule has 0 fully saturated rings. The van der Waals surface area contributed by atoms with E-state index < -0.39 is 0 Å². The summed E-state index contributed by atoms with van der Waals surface area (Å²) in [5.41, 5.74) is 1.91. The van der Waals surface area contributed by atoms with Crippen molar-refractivity contribution in [2.24, 2.45) is 0 Å². The van der Waals surface area contributed by atoms with Gasteiger partial charge in [0.05, 0.1) is 11.3 Å². The van der Waals surface area contributed by atoms with Gasteiger partial charge in [-0.2, -0.15) is 5.26 Å². The smallest absolute Gasteiger partial charge is 0.250 e. The number of anilines is 1. The number of carbonyl (C=O) groups excluding carboxylic acids is 1. The number of thiocarbonyl (C=S) groups is 1. The summed E-state index contributed by atoms with van der Waals surface area (Å²) in [6, 6.07) is 16.5. The molecule has 6 heteroatoms. The zero-order valence-corrected chi connectivity index (χ0v) is 14.3. The molecule has 114 valence electrons. The van der Waals surface area contributed by atoms with Crippen molar-refractivity contribution < 1.29 is 4.79 Å². The Hall–Kier alpha value is -2.49. The molecule has 0 aliphatic heterocycles. The summed E-state index contributed by atoms with van der Waals surface area (Å²) in [4.78, 5) is 11.8. The van der Waals surface area contributed by atoms with E-state index in [1.807, 2.05) is 24.3 Å². The summed E-state index contributed by atoms with van der Waals surface area (Å²) in [5.74, 6) is -0.347. The molecule has 0 bridgehead atoms. The Morgan fingerprint density at radius 1 is 1.17 bits per heavy atom. The lowest BCUT2D eigenvalue weighted by molar-refractivity contribution is -0.115. The molecule has 0 unspecified atom stereocenters. The number of benzene rings is 2. The molecule has 0 heterocycles. The molecule has 2 N–H and O–H groups in total. The van der Waals surface area contributed by atoms with Gasteiger partial charge in [0.25, 0.3) is 0 Å². The topological polar surface area (TPSA) is 64.9 Å². The number of halogens is 1. The highest BCUT2D eigenvalue weighted by Gasteiger charge is 2.05. The molecular formula is C17H12BrN3OS. The second kappa shape index (κ2) is 8.22. The summed E-state index contributed by atoms with van der Waals surface area (Å²) in [7, 11) is 0. The highest BCUT2D eigenvalue weighted by molar-refractivity contribution is 9.10. The third-order valence-electron chi connectivity index (χ3n) is 2.83. The Labute approximate surface area is 148 Å². The fraction of sp³-hybridized carbons (Fsp3) is 0. The van der Waals surface area contributed by atoms with Gasteiger partial charge in [-0.25, -0.2) is 0 Å². The summed E-state index contributed by atoms with van der Waals surface area (Å²) in [6.45, 7) is 0. The lowest BCUT2D eigenvalue weighted by Gasteiger charge is -2.09. The van der Waals surface area contributed by atoms with Crippen LogP contribution in [0.15, 0.2) is 59.1 Å². The van der Waals surface area contributed by atoms with Crippen molar-refractivity contribution in [2.45, 2.75) is 0 Å². The van der Waals surface area contributed by atoms with Crippen LogP contribution in [-0.4, -0.2) is 11.0 Å². The lowest BCUT2D eigenvalue weighted by Crippen LogP contribution is -2.33. The van der Waals surface area contributed by atoms with Crippen LogP contribution in [0.2, 0.25) is 0 Å². The van der Waals surface area contributed by atoms with Crippen molar-refractivity contribution in [3.05, 3.63) is 70.2 Å². The van der Waals surface area contributed by atoms with Gasteiger partial charge in [-0.1, -0.05) is 40.2 Å². The number of carbonyl (C=O) groups is 1. The molecule has 0 saturated carbocycles. The molecule has 0 aliphatic carbocycles. The molecule has 2 aromatic rings. The average molecular weight is 386 g/mol. The predicted molar refractivity (Wildman–Crippen MR) is 98.7 cm³/mol. The first-order chi connectivity index (χ1) is 11.1. The van der Waals surface area contributed by atoms with Crippen LogP contribution in [0.3, 0.4) is 0 Å². The number of nitrogens with zero attached hydrogens (tertiary/aromatic N) is 1. The van der Waals surface area contributed by atoms with Crippen LogP contribution < -0.4 is 10.6 Å². The van der Waals surface area contributed by atoms with Crippen molar-refractivity contribution in [2.75, 3.05) is 5.32 Å². The first kappa shape index (κ1) is 16.9. The van der Waals surface area contributed by atoms with Gasteiger partial charge < -0.3 is 5.32 Å². The Bertz CT molecular complexity index is 794. The molecule has 1 amide bonds. The van der Waals surface area contributed by atoms with E-state index in [0.29, 0.717) is 11.3 Å². The number of amides is 1. The number of hydrogen-bond acceptors (Lipinski definition) is 3. The Balaban J connectivity index is 1.93. The molecule has 4 nitrogen and oxygen atoms in total. The second-order valence-corrected chi connectivity index (χ2v) is 5.81. The third kappa shape index (κ3) is 5.33. The number of nitriles is 1. The van der Waals surface area contributed by atoms with Crippen LogP contribution in [0.5, 0.6) is 0 Å². The van der Waals surface area contributed by atoms with Crippen LogP contribution in [0.4, 0.5) is 5.69 Å². The van der Waals surface area contributed by atoms with E-state index in [0.717, 1.165) is 10.0 Å². The van der Waals surface area contributed by atoms with Gasteiger partial charge in [-0.15, -0.1) is 0 Å². The maximum atomic E-state index is 11.8. The van der Waals surface area contributed by atoms with Crippen LogP contribution in [0, 0.1) is 11.3 Å². The fourth-order valence-electron chi connectivity index (χ4n) is 1.74. The number of para-hydroxylation sites is 1. The molecule has 2 aromatic carbocycles. The monoisotopic (exact) mass is 385 g/mol. The zero-order valence-electron chi connectivity index (χ0n) is 11.9. The van der Waals surface area contributed by atoms with Crippen molar-refractivity contribution in [3.8, 4) is 6.07 Å². The van der Waals surface area contributed by atoms with Gasteiger partial charge in [-0.3, -0.25) is 10.1 Å². The molecule has 0 spiro atoms. The van der Waals surface area contributed by atoms with Crippen molar-refractivity contribution in [3.63, 3.8) is 0 Å². The van der Waals surface area contributed by atoms with E-state index in [9.17, 15) is 4.79 Å². The largest absolute Gasteiger partial charge is 0.331 e. The molecule has 0 aliphatic rings. The predicted octanol–water partition coefficient (Wildman–Crippen LogP) is 3.85. The van der Waals surface area contributed by atoms with Crippen molar-refractivity contribution in [1.82, 2.24) is 5.32 Å². The molecule has 2 rings (SSSR count). The summed E-state index contributed by atoms with van der Waals surface area (Å²) in [6.07, 6.45) is 3.08. The zero-order chi connectivity index (χ0) is 16.7. The highest BCUT2D eigenvalue weighted by atomic mass is 79.9. The van der Waals surface area contributed by atoms with E-state index in [1.165, 1.54) is 6.08 Å². The summed E-state index contributed by atoms with van der Waals surface area (Å²) < 4.78 is 0.973. The Morgan fingerprint density at radius 2 is 1.87 bits per heavy atom. The van der Waals surface area contributed by atoms with Crippen LogP contribution >= 0.6 is 28.1 Å². The minimum Gasteiger partial charge on any atom is -0.331 e. The Kier molecular flexibility index (Phi) is 6.03. The highest BCUT2D eigenvalue weighted by Crippen LogP contribution is 2.13. The standard InChI is InChI=1S/C17H12BrN3OS/c18-14-8-5-12(6-9-14)7-10-16(22)21-17(23)20-15-4-2-1-3-13(15)11-19/h1-10H,(H2,20,21,22,23)/b10-7+. The number of rotatable bonds is 3. The summed E-state index contributed by atoms with van der Waals surface area (Å²) >= 11 is 8.43. The van der Waals surface area contributed by atoms with Gasteiger partial charge >= 0.3 is 0 Å². The van der Waals surface area contributed by atoms with Crippen molar-refractivity contribution >= 4 is 50.9 Å². The maximum Gasteiger partial charge on any atom is 0.250 e. The van der Waals surface area contributed by atoms with Gasteiger partial charge in [0, 0.05) is 10.5 Å². The first-order valence-electron chi connectivity index (χ1n) is 6.63. The quantitative estimate of drug-likeness (QED) is 0.621. The minimum absolute atomic E-state index is 0.137. The van der Waals surface area contributed by atoms with E-state index in [2.05, 4.69) is 32.6 Å². The van der Waals surface area contributed by atoms with Gasteiger partial charge in [0.15, 0.2) is 5.11 Å². The average Bonchev–Trinajstić information content (AvgIpc) is 2.54. The normalized spacial score (nSPS) is 10.1. The van der Waals surface area contributed by atoms with E-state index in [4.69, 9.17) is 17.5 Å². The summed E-state index contributed by atoms with van der Waals surface area (Å²) in [5, 5.41) is 14.5. The maximum absolute atomic E-state index is 11.8. The first-order valence-corrected chi connectivity index (χ1v) is 7.83. The van der Waals surface area contributed by atoms with Crippen LogP contribution in [0.1, 0.15) is 11.1 Å². The van der Waals surface area contributed by atoms with Gasteiger partial charge in [0.1, 0.15) is 6.07 Å². The number of hydrogen-bond donors (Lipinski definition) is 2. The second-order valence-electron chi connectivity index (χ2n) is 4.49. The van der Waals surface area contributed by atoms with E-state index >= 15 is 0 Å². The van der Waals surface area contributed by atoms with Crippen LogP contribution in [0.25, 0.3) is 6.08 Å². The molecular weight excluding hydrogens is 374 g/mol. The van der Waals surface area contributed by atoms with Crippen molar-refractivity contribution in [1.29, 1.82) is 5.26 Å². The van der Waals surface area contributed by atoms with E-state index in [-0.39, 0.29) is 11.0 Å². The molecule has 23 heavy (non-hydrogen) atoms. The van der Waals surface area contributed by atoms with E-state index in [1.54, 1.807) is 30.3 Å². The molecule has 0 saturated heterocycles. The molecule has 0 radical (unpaired) electrons. The number of nitrogens with one attached hydrogen (secondary N) is 2. The third-order valence-corrected chi connectivity index (χ3v) is 3.56. The fourth-order valence-corrected chi connectivity index (χ4v) is 2.22.